The van der Waals surface area contributed by atoms with E-state index in [0.717, 1.165) is 0 Å². The average molecular weight is 334 g/mol. The maximum Gasteiger partial charge on any atom is 0.414 e. The summed E-state index contributed by atoms with van der Waals surface area (Å²) in [5.41, 5.74) is 0. The summed E-state index contributed by atoms with van der Waals surface area (Å²) in [7, 11) is 0. The Bertz CT molecular complexity index is 75.7. The van der Waals surface area contributed by atoms with Gasteiger partial charge in [-0.25, -0.2) is 9.59 Å². The van der Waals surface area contributed by atoms with E-state index in [-0.39, 0.29) is 29.2 Å². The van der Waals surface area contributed by atoms with E-state index in [0.29, 0.717) is 0 Å². The second-order valence-electron chi connectivity index (χ2n) is 0.610. The minimum atomic E-state index is -1.82. The van der Waals surface area contributed by atoms with Crippen LogP contribution in [0.5, 0.6) is 0 Å². The molecule has 0 aliphatic heterocycles. The van der Waals surface area contributed by atoms with Gasteiger partial charge in [0.05, 0.1) is 0 Å². The first kappa shape index (κ1) is 10.0. The number of hydrogen-bond donors (Lipinski definition) is 2. The predicted octanol–water partition coefficient (Wildman–Crippen LogP) is -0.844. The third kappa shape index (κ3) is 5.93. The molecule has 0 saturated heterocycles. The summed E-state index contributed by atoms with van der Waals surface area (Å²) in [6.45, 7) is 0. The molecule has 0 aromatic carbocycles. The molecule has 0 aromatic rings. The molecule has 0 heterocycles. The first-order valence-electron chi connectivity index (χ1n) is 1.11. The molecule has 0 radical (unpaired) electrons. The standard InChI is InChI=1S/C2H2O4.Pu/c3-1(4)2(5)6;/h(H,3,4)(H,5,6);. The summed E-state index contributed by atoms with van der Waals surface area (Å²) in [5, 5.41) is 14.8. The van der Waals surface area contributed by atoms with Gasteiger partial charge in [-0.3, -0.25) is 0 Å². The van der Waals surface area contributed by atoms with E-state index in [1.165, 1.54) is 0 Å². The van der Waals surface area contributed by atoms with Crippen LogP contribution in [-0.4, -0.2) is 22.2 Å². The SMILES string of the molecule is O=C(O)C(=O)O.[Pu]. The van der Waals surface area contributed by atoms with Gasteiger partial charge in [0, 0.05) is 29.2 Å². The van der Waals surface area contributed by atoms with Gasteiger partial charge in [-0.15, -0.1) is 0 Å². The zero-order chi connectivity index (χ0) is 5.15. The number of rotatable bonds is 0. The normalized spacial score (nSPS) is 6.29. The molecular formula is C2H2O4Pu. The molecule has 0 spiro atoms. The summed E-state index contributed by atoms with van der Waals surface area (Å²) < 4.78 is 0. The maximum atomic E-state index is 9.10. The van der Waals surface area contributed by atoms with Crippen molar-refractivity contribution < 1.29 is 49.0 Å². The molecule has 0 aliphatic rings. The van der Waals surface area contributed by atoms with Crippen molar-refractivity contribution in [3.8, 4) is 0 Å². The smallest absolute Gasteiger partial charge is 0.414 e. The molecule has 7 heavy (non-hydrogen) atoms. The van der Waals surface area contributed by atoms with E-state index in [1.807, 2.05) is 0 Å². The van der Waals surface area contributed by atoms with Crippen LogP contribution in [0.3, 0.4) is 0 Å². The molecule has 0 aromatic heterocycles. The van der Waals surface area contributed by atoms with Crippen molar-refractivity contribution >= 4 is 11.9 Å². The van der Waals surface area contributed by atoms with E-state index in [9.17, 15) is 0 Å². The Morgan fingerprint density at radius 1 is 1.00 bits per heavy atom. The number of carboxylic acid groups (broad SMARTS) is 2. The fraction of sp³-hybridized carbons (Fsp3) is 0. The van der Waals surface area contributed by atoms with Crippen molar-refractivity contribution in [2.24, 2.45) is 0 Å². The summed E-state index contributed by atoms with van der Waals surface area (Å²) >= 11 is 0. The van der Waals surface area contributed by atoms with Crippen molar-refractivity contribution in [3.63, 3.8) is 0 Å². The summed E-state index contributed by atoms with van der Waals surface area (Å²) in [5.74, 6) is -3.65. The Morgan fingerprint density at radius 3 is 1.14 bits per heavy atom. The number of aliphatic carboxylic acids is 2. The molecule has 0 fully saturated rings. The molecule has 40 valence electrons. The minimum absolute atomic E-state index is 0. The monoisotopic (exact) mass is 328 g/mol. The topological polar surface area (TPSA) is 74.6 Å². The maximum absolute atomic E-state index is 9.10. The van der Waals surface area contributed by atoms with Gasteiger partial charge in [0.2, 0.25) is 0 Å². The van der Waals surface area contributed by atoms with Gasteiger partial charge >= 0.3 is 11.9 Å². The first-order valence-corrected chi connectivity index (χ1v) is 1.11. The zero-order valence-electron chi connectivity index (χ0n) is 3.12. The van der Waals surface area contributed by atoms with Crippen LogP contribution in [0.1, 0.15) is 0 Å². The molecule has 0 saturated carbocycles. The quantitative estimate of drug-likeness (QED) is 0.567. The van der Waals surface area contributed by atoms with Gasteiger partial charge in [0.1, 0.15) is 0 Å². The van der Waals surface area contributed by atoms with Gasteiger partial charge in [-0.1, -0.05) is 0 Å². The van der Waals surface area contributed by atoms with Crippen LogP contribution in [0.25, 0.3) is 0 Å². The molecule has 0 unspecified atom stereocenters. The van der Waals surface area contributed by atoms with Crippen LogP contribution in [0.4, 0.5) is 0 Å². The van der Waals surface area contributed by atoms with Crippen molar-refractivity contribution in [1.82, 2.24) is 0 Å². The fourth-order valence-corrected chi connectivity index (χ4v) is 0. The summed E-state index contributed by atoms with van der Waals surface area (Å²) in [4.78, 5) is 18.2. The summed E-state index contributed by atoms with van der Waals surface area (Å²) in [6.07, 6.45) is 0. The van der Waals surface area contributed by atoms with E-state index in [2.05, 4.69) is 0 Å². The molecule has 0 amide bonds. The van der Waals surface area contributed by atoms with Crippen molar-refractivity contribution in [2.75, 3.05) is 0 Å². The molecule has 5 heteroatoms. The van der Waals surface area contributed by atoms with Crippen LogP contribution in [0, 0.1) is 29.2 Å². The van der Waals surface area contributed by atoms with Gasteiger partial charge in [0.15, 0.2) is 0 Å². The Labute approximate surface area is 61.1 Å². The molecule has 0 bridgehead atoms. The third-order valence-corrected chi connectivity index (χ3v) is 0.183. The van der Waals surface area contributed by atoms with E-state index < -0.39 is 11.9 Å². The molecule has 2 N–H and O–H groups in total. The van der Waals surface area contributed by atoms with E-state index in [4.69, 9.17) is 19.8 Å². The van der Waals surface area contributed by atoms with Crippen molar-refractivity contribution in [3.05, 3.63) is 0 Å². The molecule has 0 aliphatic carbocycles. The Kier molecular flexibility index (Phi) is 5.87. The number of hydrogen-bond acceptors (Lipinski definition) is 2. The van der Waals surface area contributed by atoms with E-state index >= 15 is 0 Å². The predicted molar refractivity (Wildman–Crippen MR) is 15.3 cm³/mol. The van der Waals surface area contributed by atoms with Crippen LogP contribution in [0.2, 0.25) is 0 Å². The van der Waals surface area contributed by atoms with Crippen molar-refractivity contribution in [2.45, 2.75) is 0 Å². The van der Waals surface area contributed by atoms with E-state index in [1.54, 1.807) is 0 Å². The molecule has 4 nitrogen and oxygen atoms in total. The number of carboxylic acids is 2. The zero-order valence-corrected chi connectivity index (χ0v) is 6.52. The molecule has 0 rings (SSSR count). The average Bonchev–Trinajstić information content (AvgIpc) is 1.36. The Balaban J connectivity index is 0. The number of carbonyl (C=O) groups is 2. The van der Waals surface area contributed by atoms with Gasteiger partial charge in [-0.05, 0) is 0 Å². The second kappa shape index (κ2) is 4.10. The minimum Gasteiger partial charge on any atom is -0.473 e. The van der Waals surface area contributed by atoms with Crippen LogP contribution < -0.4 is 0 Å². The van der Waals surface area contributed by atoms with Crippen LogP contribution in [-0.2, 0) is 9.59 Å². The van der Waals surface area contributed by atoms with Crippen LogP contribution in [0.15, 0.2) is 0 Å². The Morgan fingerprint density at radius 2 is 1.14 bits per heavy atom. The van der Waals surface area contributed by atoms with Gasteiger partial charge in [0.25, 0.3) is 0 Å². The Hall–Kier alpha value is -0.0730. The van der Waals surface area contributed by atoms with Crippen LogP contribution >= 0.6 is 0 Å². The first-order chi connectivity index (χ1) is 2.64. The van der Waals surface area contributed by atoms with Crippen molar-refractivity contribution in [1.29, 1.82) is 0 Å². The summed E-state index contributed by atoms with van der Waals surface area (Å²) in [6, 6.07) is 0. The second-order valence-corrected chi connectivity index (χ2v) is 0.610. The van der Waals surface area contributed by atoms with Gasteiger partial charge < -0.3 is 10.2 Å². The molecular weight excluding hydrogens is 332 g/mol. The van der Waals surface area contributed by atoms with Gasteiger partial charge in [-0.2, -0.15) is 0 Å². The fourth-order valence-electron chi connectivity index (χ4n) is 0. The largest absolute Gasteiger partial charge is 0.473 e. The molecule has 0 atom stereocenters. The third-order valence-electron chi connectivity index (χ3n) is 0.183.